The Labute approximate surface area is 100 Å². The van der Waals surface area contributed by atoms with Crippen LogP contribution in [0.4, 0.5) is 5.69 Å². The topological polar surface area (TPSA) is 89.4 Å². The molecule has 1 aromatic carbocycles. The van der Waals surface area contributed by atoms with Crippen LogP contribution in [0.3, 0.4) is 0 Å². The number of nitrogen functional groups attached to an aromatic ring is 1. The van der Waals surface area contributed by atoms with E-state index in [0.29, 0.717) is 17.8 Å². The Balaban J connectivity index is 3.06. The normalized spacial score (nSPS) is 10.0. The number of anilines is 1. The summed E-state index contributed by atoms with van der Waals surface area (Å²) in [7, 11) is 0. The van der Waals surface area contributed by atoms with Crippen molar-refractivity contribution in [3.05, 3.63) is 29.3 Å². The van der Waals surface area contributed by atoms with Gasteiger partial charge in [-0.1, -0.05) is 12.1 Å². The zero-order valence-corrected chi connectivity index (χ0v) is 10.1. The van der Waals surface area contributed by atoms with Crippen molar-refractivity contribution in [2.24, 2.45) is 5.73 Å². The predicted molar refractivity (Wildman–Crippen MR) is 66.4 cm³/mol. The van der Waals surface area contributed by atoms with Crippen LogP contribution < -0.4 is 11.5 Å². The quantitative estimate of drug-likeness (QED) is 0.746. The molecule has 0 aromatic heterocycles. The van der Waals surface area contributed by atoms with Gasteiger partial charge in [0.1, 0.15) is 0 Å². The lowest BCUT2D eigenvalue weighted by Gasteiger charge is -2.21. The fourth-order valence-electron chi connectivity index (χ4n) is 1.66. The number of likely N-dealkylation sites (N-methyl/N-ethyl adjacent to an activating group) is 1. The third kappa shape index (κ3) is 2.96. The highest BCUT2D eigenvalue weighted by atomic mass is 16.2. The maximum absolute atomic E-state index is 12.2. The summed E-state index contributed by atoms with van der Waals surface area (Å²) in [5, 5.41) is 0. The van der Waals surface area contributed by atoms with Gasteiger partial charge in [-0.15, -0.1) is 0 Å². The standard InChI is InChI=1S/C12H17N3O2/c1-3-15(7-10(14)16)12(17)11-8(2)5-4-6-9(11)13/h4-6H,3,7,13H2,1-2H3,(H2,14,16). The van der Waals surface area contributed by atoms with Gasteiger partial charge in [-0.25, -0.2) is 0 Å². The first-order valence-corrected chi connectivity index (χ1v) is 5.40. The van der Waals surface area contributed by atoms with Crippen LogP contribution in [-0.4, -0.2) is 29.8 Å². The molecular weight excluding hydrogens is 218 g/mol. The molecule has 0 radical (unpaired) electrons. The van der Waals surface area contributed by atoms with Crippen molar-refractivity contribution < 1.29 is 9.59 Å². The lowest BCUT2D eigenvalue weighted by molar-refractivity contribution is -0.118. The predicted octanol–water partition coefficient (Wildman–Crippen LogP) is 0.525. The molecule has 5 nitrogen and oxygen atoms in total. The molecule has 0 aliphatic carbocycles. The number of carbonyl (C=O) groups is 2. The maximum atomic E-state index is 12.2. The fourth-order valence-corrected chi connectivity index (χ4v) is 1.66. The Morgan fingerprint density at radius 2 is 2.00 bits per heavy atom. The monoisotopic (exact) mass is 235 g/mol. The van der Waals surface area contributed by atoms with E-state index in [1.807, 2.05) is 13.0 Å². The molecule has 0 aliphatic heterocycles. The van der Waals surface area contributed by atoms with Crippen LogP contribution in [0.15, 0.2) is 18.2 Å². The molecule has 0 unspecified atom stereocenters. The summed E-state index contributed by atoms with van der Waals surface area (Å²) < 4.78 is 0. The van der Waals surface area contributed by atoms with Crippen molar-refractivity contribution in [2.45, 2.75) is 13.8 Å². The molecule has 0 spiro atoms. The van der Waals surface area contributed by atoms with E-state index in [0.717, 1.165) is 5.56 Å². The van der Waals surface area contributed by atoms with Gasteiger partial charge in [0.15, 0.2) is 0 Å². The minimum absolute atomic E-state index is 0.0941. The molecule has 92 valence electrons. The van der Waals surface area contributed by atoms with Crippen LogP contribution in [0.5, 0.6) is 0 Å². The summed E-state index contributed by atoms with van der Waals surface area (Å²) in [5.74, 6) is -0.797. The van der Waals surface area contributed by atoms with E-state index in [1.165, 1.54) is 4.90 Å². The first-order chi connectivity index (χ1) is 7.97. The molecule has 2 amide bonds. The molecule has 1 aromatic rings. The minimum atomic E-state index is -0.535. The fraction of sp³-hybridized carbons (Fsp3) is 0.333. The summed E-state index contributed by atoms with van der Waals surface area (Å²) in [5.41, 5.74) is 12.5. The zero-order valence-electron chi connectivity index (χ0n) is 10.1. The second-order valence-corrected chi connectivity index (χ2v) is 3.82. The van der Waals surface area contributed by atoms with Crippen LogP contribution in [-0.2, 0) is 4.79 Å². The Bertz CT molecular complexity index is 423. The Morgan fingerprint density at radius 3 is 2.47 bits per heavy atom. The van der Waals surface area contributed by atoms with Crippen LogP contribution in [0.1, 0.15) is 22.8 Å². The highest BCUT2D eigenvalue weighted by Gasteiger charge is 2.19. The molecule has 0 saturated carbocycles. The van der Waals surface area contributed by atoms with Gasteiger partial charge in [0.05, 0.1) is 12.1 Å². The lowest BCUT2D eigenvalue weighted by atomic mass is 10.1. The number of aryl methyl sites for hydroxylation is 1. The van der Waals surface area contributed by atoms with Crippen molar-refractivity contribution in [1.29, 1.82) is 0 Å². The van der Waals surface area contributed by atoms with Crippen molar-refractivity contribution in [2.75, 3.05) is 18.8 Å². The summed E-state index contributed by atoms with van der Waals surface area (Å²) >= 11 is 0. The molecule has 0 aliphatic rings. The molecular formula is C12H17N3O2. The summed E-state index contributed by atoms with van der Waals surface area (Å²) in [6.07, 6.45) is 0. The number of nitrogens with zero attached hydrogens (tertiary/aromatic N) is 1. The van der Waals surface area contributed by atoms with Crippen molar-refractivity contribution in [1.82, 2.24) is 4.90 Å². The number of hydrogen-bond acceptors (Lipinski definition) is 3. The first-order valence-electron chi connectivity index (χ1n) is 5.40. The summed E-state index contributed by atoms with van der Waals surface area (Å²) in [6, 6.07) is 5.26. The molecule has 4 N–H and O–H groups in total. The van der Waals surface area contributed by atoms with Crippen LogP contribution in [0.2, 0.25) is 0 Å². The Kier molecular flexibility index (Phi) is 4.09. The molecule has 0 atom stereocenters. The van der Waals surface area contributed by atoms with Crippen molar-refractivity contribution in [3.8, 4) is 0 Å². The van der Waals surface area contributed by atoms with Gasteiger partial charge in [0, 0.05) is 12.2 Å². The molecule has 0 saturated heterocycles. The van der Waals surface area contributed by atoms with E-state index in [4.69, 9.17) is 11.5 Å². The highest BCUT2D eigenvalue weighted by Crippen LogP contribution is 2.18. The lowest BCUT2D eigenvalue weighted by Crippen LogP contribution is -2.38. The van der Waals surface area contributed by atoms with E-state index < -0.39 is 5.91 Å². The van der Waals surface area contributed by atoms with E-state index in [9.17, 15) is 9.59 Å². The number of carbonyl (C=O) groups excluding carboxylic acids is 2. The molecule has 17 heavy (non-hydrogen) atoms. The van der Waals surface area contributed by atoms with E-state index in [-0.39, 0.29) is 12.5 Å². The molecule has 0 fully saturated rings. The molecule has 1 rings (SSSR count). The van der Waals surface area contributed by atoms with Gasteiger partial charge >= 0.3 is 0 Å². The number of benzene rings is 1. The maximum Gasteiger partial charge on any atom is 0.256 e. The van der Waals surface area contributed by atoms with Crippen LogP contribution in [0.25, 0.3) is 0 Å². The second-order valence-electron chi connectivity index (χ2n) is 3.82. The van der Waals surface area contributed by atoms with E-state index >= 15 is 0 Å². The summed E-state index contributed by atoms with van der Waals surface area (Å²) in [6.45, 7) is 3.91. The number of amides is 2. The van der Waals surface area contributed by atoms with Crippen LogP contribution in [0, 0.1) is 6.92 Å². The van der Waals surface area contributed by atoms with Crippen LogP contribution >= 0.6 is 0 Å². The number of nitrogens with two attached hydrogens (primary N) is 2. The van der Waals surface area contributed by atoms with E-state index in [2.05, 4.69) is 0 Å². The summed E-state index contributed by atoms with van der Waals surface area (Å²) in [4.78, 5) is 24.4. The molecule has 0 bridgehead atoms. The second kappa shape index (κ2) is 5.34. The van der Waals surface area contributed by atoms with Crippen molar-refractivity contribution >= 4 is 17.5 Å². The van der Waals surface area contributed by atoms with E-state index in [1.54, 1.807) is 19.1 Å². The van der Waals surface area contributed by atoms with Gasteiger partial charge in [-0.05, 0) is 25.5 Å². The number of hydrogen-bond donors (Lipinski definition) is 2. The van der Waals surface area contributed by atoms with Gasteiger partial charge in [0.25, 0.3) is 5.91 Å². The van der Waals surface area contributed by atoms with Gasteiger partial charge in [-0.3, -0.25) is 9.59 Å². The SMILES string of the molecule is CCN(CC(N)=O)C(=O)c1c(C)cccc1N. The minimum Gasteiger partial charge on any atom is -0.398 e. The number of rotatable bonds is 4. The average Bonchev–Trinajstić information content (AvgIpc) is 2.25. The zero-order chi connectivity index (χ0) is 13.0. The van der Waals surface area contributed by atoms with Gasteiger partial charge < -0.3 is 16.4 Å². The Hall–Kier alpha value is -2.04. The van der Waals surface area contributed by atoms with Gasteiger partial charge in [0.2, 0.25) is 5.91 Å². The smallest absolute Gasteiger partial charge is 0.256 e. The highest BCUT2D eigenvalue weighted by molar-refractivity contribution is 6.01. The molecule has 0 heterocycles. The molecule has 5 heteroatoms. The third-order valence-corrected chi connectivity index (χ3v) is 2.53. The van der Waals surface area contributed by atoms with Gasteiger partial charge in [-0.2, -0.15) is 0 Å². The average molecular weight is 235 g/mol. The Morgan fingerprint density at radius 1 is 1.35 bits per heavy atom. The third-order valence-electron chi connectivity index (χ3n) is 2.53. The first kappa shape index (κ1) is 13.0. The largest absolute Gasteiger partial charge is 0.398 e. The van der Waals surface area contributed by atoms with Crippen molar-refractivity contribution in [3.63, 3.8) is 0 Å². The number of primary amides is 1.